The third kappa shape index (κ3) is 3.49. The van der Waals surface area contributed by atoms with Crippen molar-refractivity contribution in [3.05, 3.63) is 28.9 Å². The molecule has 4 rings (SSSR count). The predicted octanol–water partition coefficient (Wildman–Crippen LogP) is 1.83. The Morgan fingerprint density at radius 3 is 2.56 bits per heavy atom. The SMILES string of the molecule is CN(C)S(=O)(=O)NC1[C@@H]2CC[C@H]1CN(Cc1nn(C)c3cccc(Cl)c13)C2. The highest BCUT2D eigenvalue weighted by atomic mass is 35.5. The number of fused-ring (bicyclic) bond motifs is 3. The molecule has 9 heteroatoms. The van der Waals surface area contributed by atoms with E-state index < -0.39 is 10.2 Å². The van der Waals surface area contributed by atoms with E-state index >= 15 is 0 Å². The fraction of sp³-hybridized carbons (Fsp3) is 0.611. The Morgan fingerprint density at radius 2 is 1.93 bits per heavy atom. The molecule has 1 aromatic heterocycles. The van der Waals surface area contributed by atoms with Crippen LogP contribution in [0, 0.1) is 11.8 Å². The highest BCUT2D eigenvalue weighted by Gasteiger charge is 2.44. The largest absolute Gasteiger partial charge is 0.297 e. The van der Waals surface area contributed by atoms with Crippen LogP contribution in [0.3, 0.4) is 0 Å². The second-order valence-corrected chi connectivity index (χ2v) is 10.3. The third-order valence-electron chi connectivity index (χ3n) is 5.95. The molecule has 1 aromatic carbocycles. The normalized spacial score (nSPS) is 26.3. The topological polar surface area (TPSA) is 70.5 Å². The van der Waals surface area contributed by atoms with Gasteiger partial charge in [-0.05, 0) is 36.8 Å². The minimum absolute atomic E-state index is 0.0257. The van der Waals surface area contributed by atoms with Crippen LogP contribution >= 0.6 is 11.6 Å². The number of halogens is 1. The molecule has 27 heavy (non-hydrogen) atoms. The maximum Gasteiger partial charge on any atom is 0.279 e. The van der Waals surface area contributed by atoms with Crippen LogP contribution in [0.1, 0.15) is 18.5 Å². The first-order valence-corrected chi connectivity index (χ1v) is 11.1. The van der Waals surface area contributed by atoms with Gasteiger partial charge in [0.1, 0.15) is 0 Å². The summed E-state index contributed by atoms with van der Waals surface area (Å²) in [6.45, 7) is 2.49. The van der Waals surface area contributed by atoms with E-state index in [2.05, 4.69) is 14.7 Å². The molecule has 2 aromatic rings. The van der Waals surface area contributed by atoms with E-state index in [9.17, 15) is 8.42 Å². The van der Waals surface area contributed by atoms with Crippen LogP contribution in [0.5, 0.6) is 0 Å². The van der Waals surface area contributed by atoms with Crippen molar-refractivity contribution >= 4 is 32.7 Å². The monoisotopic (exact) mass is 411 g/mol. The molecular weight excluding hydrogens is 386 g/mol. The summed E-state index contributed by atoms with van der Waals surface area (Å²) in [5, 5.41) is 6.44. The molecule has 0 radical (unpaired) electrons. The van der Waals surface area contributed by atoms with Gasteiger partial charge in [-0.3, -0.25) is 9.58 Å². The van der Waals surface area contributed by atoms with E-state index in [1.165, 1.54) is 4.31 Å². The van der Waals surface area contributed by atoms with Crippen LogP contribution in [-0.2, 0) is 23.8 Å². The van der Waals surface area contributed by atoms with Crippen molar-refractivity contribution in [3.63, 3.8) is 0 Å². The zero-order valence-electron chi connectivity index (χ0n) is 15.9. The van der Waals surface area contributed by atoms with Crippen molar-refractivity contribution in [3.8, 4) is 0 Å². The fourth-order valence-corrected chi connectivity index (χ4v) is 5.81. The van der Waals surface area contributed by atoms with E-state index in [1.807, 2.05) is 29.9 Å². The number of nitrogens with one attached hydrogen (secondary N) is 1. The van der Waals surface area contributed by atoms with Gasteiger partial charge in [0.25, 0.3) is 10.2 Å². The number of aromatic nitrogens is 2. The first kappa shape index (κ1) is 19.1. The Bertz CT molecular complexity index is 944. The first-order valence-electron chi connectivity index (χ1n) is 9.28. The summed E-state index contributed by atoms with van der Waals surface area (Å²) < 4.78 is 30.5. The number of nitrogens with zero attached hydrogens (tertiary/aromatic N) is 4. The molecule has 2 fully saturated rings. The Kier molecular flexibility index (Phi) is 4.97. The Labute approximate surface area is 165 Å². The van der Waals surface area contributed by atoms with Crippen LogP contribution in [0.4, 0.5) is 0 Å². The van der Waals surface area contributed by atoms with E-state index in [0.717, 1.165) is 54.1 Å². The molecule has 0 spiro atoms. The standard InChI is InChI=1S/C18H26ClN5O2S/c1-22(2)27(25,26)21-18-12-7-8-13(18)10-24(9-12)11-15-17-14(19)5-4-6-16(17)23(3)20-15/h4-6,12-13,18,21H,7-11H2,1-3H3/t12-,13+,18?. The second-order valence-electron chi connectivity index (χ2n) is 7.93. The summed E-state index contributed by atoms with van der Waals surface area (Å²) in [6.07, 6.45) is 2.12. The summed E-state index contributed by atoms with van der Waals surface area (Å²) in [6, 6.07) is 5.90. The minimum Gasteiger partial charge on any atom is -0.297 e. The van der Waals surface area contributed by atoms with Crippen LogP contribution in [0.2, 0.25) is 5.02 Å². The Balaban J connectivity index is 1.52. The summed E-state index contributed by atoms with van der Waals surface area (Å²) >= 11 is 6.44. The second kappa shape index (κ2) is 7.00. The number of benzene rings is 1. The van der Waals surface area contributed by atoms with Crippen molar-refractivity contribution in [2.24, 2.45) is 18.9 Å². The smallest absolute Gasteiger partial charge is 0.279 e. The average Bonchev–Trinajstić information content (AvgIpc) is 3.01. The van der Waals surface area contributed by atoms with Gasteiger partial charge in [0.2, 0.25) is 0 Å². The third-order valence-corrected chi connectivity index (χ3v) is 7.79. The van der Waals surface area contributed by atoms with Crippen LogP contribution in [0.15, 0.2) is 18.2 Å². The molecule has 148 valence electrons. The van der Waals surface area contributed by atoms with Gasteiger partial charge in [0.05, 0.1) is 16.2 Å². The Morgan fingerprint density at radius 1 is 1.26 bits per heavy atom. The summed E-state index contributed by atoms with van der Waals surface area (Å²) in [5.41, 5.74) is 2.03. The number of piperidine rings is 1. The number of hydrogen-bond acceptors (Lipinski definition) is 4. The highest BCUT2D eigenvalue weighted by Crippen LogP contribution is 2.38. The molecule has 7 nitrogen and oxygen atoms in total. The van der Waals surface area contributed by atoms with Gasteiger partial charge in [0.15, 0.2) is 0 Å². The Hall–Kier alpha value is -1.19. The lowest BCUT2D eigenvalue weighted by molar-refractivity contribution is 0.132. The maximum atomic E-state index is 12.3. The molecule has 2 bridgehead atoms. The first-order chi connectivity index (χ1) is 12.8. The molecule has 1 unspecified atom stereocenters. The average molecular weight is 412 g/mol. The van der Waals surface area contributed by atoms with Crippen molar-refractivity contribution in [2.75, 3.05) is 27.2 Å². The van der Waals surface area contributed by atoms with Gasteiger partial charge < -0.3 is 0 Å². The molecule has 1 aliphatic carbocycles. The number of likely N-dealkylation sites (tertiary alicyclic amines) is 1. The molecule has 1 saturated heterocycles. The van der Waals surface area contributed by atoms with E-state index in [4.69, 9.17) is 11.6 Å². The van der Waals surface area contributed by atoms with Gasteiger partial charge in [-0.2, -0.15) is 22.5 Å². The summed E-state index contributed by atoms with van der Waals surface area (Å²) in [5.74, 6) is 0.674. The van der Waals surface area contributed by atoms with Gasteiger partial charge >= 0.3 is 0 Å². The lowest BCUT2D eigenvalue weighted by Crippen LogP contribution is -2.54. The van der Waals surface area contributed by atoms with Crippen molar-refractivity contribution in [1.82, 2.24) is 23.7 Å². The molecule has 1 aliphatic heterocycles. The van der Waals surface area contributed by atoms with E-state index in [1.54, 1.807) is 14.1 Å². The van der Waals surface area contributed by atoms with E-state index in [-0.39, 0.29) is 6.04 Å². The lowest BCUT2D eigenvalue weighted by Gasteiger charge is -2.38. The van der Waals surface area contributed by atoms with Crippen molar-refractivity contribution in [1.29, 1.82) is 0 Å². The molecular formula is C18H26ClN5O2S. The van der Waals surface area contributed by atoms with Crippen molar-refractivity contribution < 1.29 is 8.42 Å². The molecule has 1 N–H and O–H groups in total. The van der Waals surface area contributed by atoms with Crippen LogP contribution < -0.4 is 4.72 Å². The van der Waals surface area contributed by atoms with Crippen LogP contribution in [0.25, 0.3) is 10.9 Å². The summed E-state index contributed by atoms with van der Waals surface area (Å²) in [7, 11) is 1.67. The molecule has 3 atom stereocenters. The minimum atomic E-state index is -3.40. The molecule has 1 saturated carbocycles. The number of hydrogen-bond donors (Lipinski definition) is 1. The van der Waals surface area contributed by atoms with Crippen LogP contribution in [-0.4, -0.2) is 60.6 Å². The fourth-order valence-electron chi connectivity index (χ4n) is 4.59. The predicted molar refractivity (Wildman–Crippen MR) is 107 cm³/mol. The zero-order valence-corrected chi connectivity index (χ0v) is 17.5. The van der Waals surface area contributed by atoms with Gasteiger partial charge in [-0.15, -0.1) is 0 Å². The molecule has 0 amide bonds. The van der Waals surface area contributed by atoms with Gasteiger partial charge in [-0.25, -0.2) is 0 Å². The highest BCUT2D eigenvalue weighted by molar-refractivity contribution is 7.87. The van der Waals surface area contributed by atoms with E-state index in [0.29, 0.717) is 11.8 Å². The van der Waals surface area contributed by atoms with Gasteiger partial charge in [-0.1, -0.05) is 17.7 Å². The molecule has 2 aliphatic rings. The lowest BCUT2D eigenvalue weighted by atomic mass is 9.93. The quantitative estimate of drug-likeness (QED) is 0.814. The summed E-state index contributed by atoms with van der Waals surface area (Å²) in [4.78, 5) is 2.40. The zero-order chi connectivity index (χ0) is 19.3. The number of aryl methyl sites for hydroxylation is 1. The maximum absolute atomic E-state index is 12.3. The van der Waals surface area contributed by atoms with Crippen molar-refractivity contribution in [2.45, 2.75) is 25.4 Å². The van der Waals surface area contributed by atoms with Gasteiger partial charge in [0, 0.05) is 52.2 Å². The molecule has 2 heterocycles. The number of rotatable bonds is 5.